The number of aliphatic imine (C=N–C) groups is 1. The van der Waals surface area contributed by atoms with Crippen molar-refractivity contribution in [3.63, 3.8) is 0 Å². The van der Waals surface area contributed by atoms with E-state index in [1.165, 1.54) is 16.7 Å². The van der Waals surface area contributed by atoms with E-state index in [0.29, 0.717) is 5.92 Å². The van der Waals surface area contributed by atoms with Gasteiger partial charge in [0.1, 0.15) is 5.75 Å². The number of nitrogens with one attached hydrogen (secondary N) is 1. The second-order valence-corrected chi connectivity index (χ2v) is 7.96. The molecule has 3 nitrogen and oxygen atoms in total. The molecule has 0 aromatic heterocycles. The van der Waals surface area contributed by atoms with Crippen LogP contribution >= 0.6 is 27.5 Å². The molecule has 138 valence electrons. The number of benzene rings is 2. The number of halogens is 2. The monoisotopic (exact) mass is 434 g/mol. The molecule has 0 spiro atoms. The van der Waals surface area contributed by atoms with Crippen molar-refractivity contribution < 1.29 is 4.74 Å². The molecule has 1 N–H and O–H groups in total. The fourth-order valence-corrected chi connectivity index (χ4v) is 4.15. The van der Waals surface area contributed by atoms with E-state index in [-0.39, 0.29) is 0 Å². The second-order valence-electron chi connectivity index (χ2n) is 6.63. The molecule has 0 aliphatic carbocycles. The summed E-state index contributed by atoms with van der Waals surface area (Å²) in [5.41, 5.74) is 3.71. The Morgan fingerprint density at radius 1 is 1.23 bits per heavy atom. The molecule has 26 heavy (non-hydrogen) atoms. The van der Waals surface area contributed by atoms with Crippen LogP contribution in [0.4, 0.5) is 0 Å². The van der Waals surface area contributed by atoms with Crippen LogP contribution in [0, 0.1) is 5.92 Å². The standard InChI is InChI=1S/C21H24BrClN2O/c1-14(21-24-10-11-25-21)12-15-4-3-5-19(23)18(15)8-6-16-13-17(22)7-9-20(16)26-2/h3-5,7,9,13-14H,6,8,10-12H2,1-2H3,(H,24,25). The zero-order valence-electron chi connectivity index (χ0n) is 15.2. The first-order chi connectivity index (χ1) is 12.6. The number of rotatable bonds is 7. The lowest BCUT2D eigenvalue weighted by molar-refractivity contribution is 0.409. The number of methoxy groups -OCH3 is 1. The lowest BCUT2D eigenvalue weighted by atomic mass is 9.92. The van der Waals surface area contributed by atoms with Gasteiger partial charge in [0.25, 0.3) is 0 Å². The third-order valence-corrected chi connectivity index (χ3v) is 5.64. The Hall–Kier alpha value is -1.52. The maximum atomic E-state index is 6.56. The van der Waals surface area contributed by atoms with Crippen molar-refractivity contribution in [1.82, 2.24) is 5.32 Å². The Morgan fingerprint density at radius 3 is 2.81 bits per heavy atom. The summed E-state index contributed by atoms with van der Waals surface area (Å²) in [5, 5.41) is 4.22. The van der Waals surface area contributed by atoms with Crippen molar-refractivity contribution in [3.8, 4) is 5.75 Å². The van der Waals surface area contributed by atoms with E-state index < -0.39 is 0 Å². The van der Waals surface area contributed by atoms with Crippen LogP contribution in [0.15, 0.2) is 45.9 Å². The Morgan fingerprint density at radius 2 is 2.08 bits per heavy atom. The highest BCUT2D eigenvalue weighted by Gasteiger charge is 2.17. The van der Waals surface area contributed by atoms with Crippen molar-refractivity contribution in [2.24, 2.45) is 10.9 Å². The van der Waals surface area contributed by atoms with Gasteiger partial charge in [-0.25, -0.2) is 0 Å². The van der Waals surface area contributed by atoms with Crippen LogP contribution in [0.25, 0.3) is 0 Å². The van der Waals surface area contributed by atoms with E-state index >= 15 is 0 Å². The molecular weight excluding hydrogens is 412 g/mol. The minimum absolute atomic E-state index is 0.370. The Bertz CT molecular complexity index is 807. The average Bonchev–Trinajstić information content (AvgIpc) is 3.16. The number of hydrogen-bond acceptors (Lipinski definition) is 3. The quantitative estimate of drug-likeness (QED) is 0.658. The molecule has 1 atom stereocenters. The minimum Gasteiger partial charge on any atom is -0.496 e. The van der Waals surface area contributed by atoms with Crippen molar-refractivity contribution >= 4 is 33.4 Å². The van der Waals surface area contributed by atoms with Crippen LogP contribution in [0.1, 0.15) is 23.6 Å². The van der Waals surface area contributed by atoms with E-state index in [0.717, 1.165) is 53.4 Å². The molecule has 2 aromatic carbocycles. The van der Waals surface area contributed by atoms with E-state index in [1.807, 2.05) is 24.3 Å². The summed E-state index contributed by atoms with van der Waals surface area (Å²) >= 11 is 10.1. The molecule has 0 fully saturated rings. The van der Waals surface area contributed by atoms with Gasteiger partial charge in [-0.3, -0.25) is 4.99 Å². The maximum absolute atomic E-state index is 6.56. The molecule has 1 unspecified atom stereocenters. The van der Waals surface area contributed by atoms with E-state index in [4.69, 9.17) is 16.3 Å². The highest BCUT2D eigenvalue weighted by molar-refractivity contribution is 9.10. The van der Waals surface area contributed by atoms with Gasteiger partial charge >= 0.3 is 0 Å². The van der Waals surface area contributed by atoms with Gasteiger partial charge in [0.2, 0.25) is 0 Å². The van der Waals surface area contributed by atoms with E-state index in [1.54, 1.807) is 7.11 Å². The molecule has 0 saturated carbocycles. The lowest BCUT2D eigenvalue weighted by Gasteiger charge is -2.17. The first-order valence-corrected chi connectivity index (χ1v) is 10.1. The summed E-state index contributed by atoms with van der Waals surface area (Å²) < 4.78 is 6.57. The fourth-order valence-electron chi connectivity index (χ4n) is 3.45. The molecule has 0 radical (unpaired) electrons. The van der Waals surface area contributed by atoms with Crippen LogP contribution in [-0.2, 0) is 19.3 Å². The van der Waals surface area contributed by atoms with Crippen molar-refractivity contribution in [2.75, 3.05) is 20.2 Å². The first-order valence-electron chi connectivity index (χ1n) is 8.95. The molecule has 0 amide bonds. The van der Waals surface area contributed by atoms with Crippen LogP contribution in [0.3, 0.4) is 0 Å². The molecule has 1 aliphatic heterocycles. The van der Waals surface area contributed by atoms with Gasteiger partial charge in [0.05, 0.1) is 19.5 Å². The number of hydrogen-bond donors (Lipinski definition) is 1. The Balaban J connectivity index is 1.78. The van der Waals surface area contributed by atoms with Gasteiger partial charge < -0.3 is 10.1 Å². The highest BCUT2D eigenvalue weighted by Crippen LogP contribution is 2.28. The van der Waals surface area contributed by atoms with Crippen molar-refractivity contribution in [1.29, 1.82) is 0 Å². The number of aryl methyl sites for hydroxylation is 1. The van der Waals surface area contributed by atoms with Gasteiger partial charge in [-0.2, -0.15) is 0 Å². The van der Waals surface area contributed by atoms with Gasteiger partial charge in [0, 0.05) is 22.0 Å². The zero-order valence-corrected chi connectivity index (χ0v) is 17.5. The molecule has 0 saturated heterocycles. The van der Waals surface area contributed by atoms with Gasteiger partial charge in [-0.05, 0) is 60.2 Å². The summed E-state index contributed by atoms with van der Waals surface area (Å²) in [7, 11) is 1.71. The first kappa shape index (κ1) is 19.2. The van der Waals surface area contributed by atoms with Crippen LogP contribution in [0.5, 0.6) is 5.75 Å². The van der Waals surface area contributed by atoms with Gasteiger partial charge in [-0.1, -0.05) is 46.6 Å². The number of nitrogens with zero attached hydrogens (tertiary/aromatic N) is 1. The third-order valence-electron chi connectivity index (χ3n) is 4.80. The summed E-state index contributed by atoms with van der Waals surface area (Å²) in [5.74, 6) is 2.40. The van der Waals surface area contributed by atoms with Gasteiger partial charge in [-0.15, -0.1) is 0 Å². The second kappa shape index (κ2) is 8.92. The summed E-state index contributed by atoms with van der Waals surface area (Å²) in [6, 6.07) is 12.3. The van der Waals surface area contributed by atoms with Crippen LogP contribution in [0.2, 0.25) is 5.02 Å². The molecule has 5 heteroatoms. The molecule has 2 aromatic rings. The van der Waals surface area contributed by atoms with Crippen LogP contribution in [-0.4, -0.2) is 26.0 Å². The maximum Gasteiger partial charge on any atom is 0.122 e. The SMILES string of the molecule is COc1ccc(Br)cc1CCc1c(Cl)cccc1CC(C)C1=NCCN1. The molecular formula is C21H24BrClN2O. The fraction of sp³-hybridized carbons (Fsp3) is 0.381. The van der Waals surface area contributed by atoms with Crippen molar-refractivity contribution in [3.05, 3.63) is 62.6 Å². The van der Waals surface area contributed by atoms with E-state index in [9.17, 15) is 0 Å². The smallest absolute Gasteiger partial charge is 0.122 e. The average molecular weight is 436 g/mol. The minimum atomic E-state index is 0.370. The zero-order chi connectivity index (χ0) is 18.5. The van der Waals surface area contributed by atoms with Crippen molar-refractivity contribution in [2.45, 2.75) is 26.2 Å². The number of ether oxygens (including phenoxy) is 1. The Kier molecular flexibility index (Phi) is 6.60. The number of amidine groups is 1. The summed E-state index contributed by atoms with van der Waals surface area (Å²) in [6.45, 7) is 4.05. The highest BCUT2D eigenvalue weighted by atomic mass is 79.9. The molecule has 3 rings (SSSR count). The lowest BCUT2D eigenvalue weighted by Crippen LogP contribution is -2.26. The normalized spacial score (nSPS) is 14.7. The third kappa shape index (κ3) is 4.60. The summed E-state index contributed by atoms with van der Waals surface area (Å²) in [6.07, 6.45) is 2.71. The summed E-state index contributed by atoms with van der Waals surface area (Å²) in [4.78, 5) is 4.56. The molecule has 1 aliphatic rings. The predicted octanol–water partition coefficient (Wildman–Crippen LogP) is 5.08. The van der Waals surface area contributed by atoms with Crippen LogP contribution < -0.4 is 10.1 Å². The largest absolute Gasteiger partial charge is 0.496 e. The molecule has 1 heterocycles. The topological polar surface area (TPSA) is 33.6 Å². The Labute approximate surface area is 168 Å². The van der Waals surface area contributed by atoms with Gasteiger partial charge in [0.15, 0.2) is 0 Å². The predicted molar refractivity (Wildman–Crippen MR) is 113 cm³/mol. The molecule has 0 bridgehead atoms. The van der Waals surface area contributed by atoms with E-state index in [2.05, 4.69) is 45.3 Å².